The van der Waals surface area contributed by atoms with Gasteiger partial charge in [0.15, 0.2) is 0 Å². The van der Waals surface area contributed by atoms with Crippen LogP contribution >= 0.6 is 0 Å². The van der Waals surface area contributed by atoms with E-state index in [2.05, 4.69) is 15.6 Å². The Kier molecular flexibility index (Phi) is 6.22. The van der Waals surface area contributed by atoms with Crippen molar-refractivity contribution in [2.75, 3.05) is 11.9 Å². The van der Waals surface area contributed by atoms with E-state index in [0.29, 0.717) is 16.9 Å². The third kappa shape index (κ3) is 4.51. The Balaban J connectivity index is 2.36. The summed E-state index contributed by atoms with van der Waals surface area (Å²) in [5.41, 5.74) is 0.782. The predicted octanol–water partition coefficient (Wildman–Crippen LogP) is 1.81. The molecule has 8 nitrogen and oxygen atoms in total. The molecule has 0 unspecified atom stereocenters. The van der Waals surface area contributed by atoms with Gasteiger partial charge in [0.05, 0.1) is 35.3 Å². The van der Waals surface area contributed by atoms with E-state index in [-0.39, 0.29) is 23.4 Å². The number of aromatic nitrogens is 2. The molecule has 0 saturated carbocycles. The average molecular weight is 404 g/mol. The molecule has 156 valence electrons. The van der Waals surface area contributed by atoms with Crippen LogP contribution in [0.2, 0.25) is 0 Å². The van der Waals surface area contributed by atoms with E-state index in [1.165, 1.54) is 23.8 Å². The highest BCUT2D eigenvalue weighted by molar-refractivity contribution is 6.43. The van der Waals surface area contributed by atoms with E-state index >= 15 is 0 Å². The number of hydrogen-bond donors (Lipinski definition) is 3. The zero-order valence-corrected chi connectivity index (χ0v) is 17.3. The Morgan fingerprint density at radius 2 is 1.86 bits per heavy atom. The monoisotopic (exact) mass is 404 g/mol. The van der Waals surface area contributed by atoms with Crippen LogP contribution in [0.4, 0.5) is 10.1 Å². The van der Waals surface area contributed by atoms with Crippen molar-refractivity contribution in [3.05, 3.63) is 46.3 Å². The Morgan fingerprint density at radius 3 is 2.41 bits per heavy atom. The second kappa shape index (κ2) is 8.12. The second-order valence-electron chi connectivity index (χ2n) is 7.60. The fourth-order valence-electron chi connectivity index (χ4n) is 2.97. The maximum Gasteiger partial charge on any atom is 0.294 e. The molecule has 0 aromatic carbocycles. The first kappa shape index (κ1) is 22.2. The number of ketones is 1. The van der Waals surface area contributed by atoms with Crippen molar-refractivity contribution >= 4 is 23.3 Å². The number of amides is 2. The number of halogens is 1. The number of nitrogens with zero attached hydrogens (tertiary/aromatic N) is 2. The molecule has 0 aliphatic rings. The van der Waals surface area contributed by atoms with E-state index in [1.807, 2.05) is 0 Å². The van der Waals surface area contributed by atoms with Gasteiger partial charge < -0.3 is 20.3 Å². The van der Waals surface area contributed by atoms with Crippen LogP contribution in [0.1, 0.15) is 51.5 Å². The summed E-state index contributed by atoms with van der Waals surface area (Å²) in [5.74, 6) is -2.82. The highest BCUT2D eigenvalue weighted by atomic mass is 19.1. The van der Waals surface area contributed by atoms with Crippen LogP contribution in [0.15, 0.2) is 12.3 Å². The molecular formula is C20H25FN4O4. The maximum atomic E-state index is 13.3. The molecular weight excluding hydrogens is 379 g/mol. The number of aliphatic hydroxyl groups excluding tert-OH is 1. The van der Waals surface area contributed by atoms with Gasteiger partial charge in [-0.1, -0.05) is 0 Å². The minimum absolute atomic E-state index is 0.0762. The van der Waals surface area contributed by atoms with Gasteiger partial charge in [-0.3, -0.25) is 14.4 Å². The van der Waals surface area contributed by atoms with Crippen LogP contribution in [0, 0.1) is 26.7 Å². The van der Waals surface area contributed by atoms with E-state index < -0.39 is 29.1 Å². The quantitative estimate of drug-likeness (QED) is 0.386. The van der Waals surface area contributed by atoms with Crippen LogP contribution in [-0.4, -0.2) is 44.4 Å². The van der Waals surface area contributed by atoms with Crippen LogP contribution in [0.3, 0.4) is 0 Å². The van der Waals surface area contributed by atoms with Crippen molar-refractivity contribution in [3.8, 4) is 0 Å². The summed E-state index contributed by atoms with van der Waals surface area (Å²) in [4.78, 5) is 41.4. The summed E-state index contributed by atoms with van der Waals surface area (Å²) in [5, 5.41) is 14.4. The summed E-state index contributed by atoms with van der Waals surface area (Å²) in [6.45, 7) is 7.59. The first-order chi connectivity index (χ1) is 13.4. The lowest BCUT2D eigenvalue weighted by molar-refractivity contribution is -0.119. The highest BCUT2D eigenvalue weighted by Gasteiger charge is 2.31. The van der Waals surface area contributed by atoms with Gasteiger partial charge in [0.2, 0.25) is 5.95 Å². The van der Waals surface area contributed by atoms with Gasteiger partial charge >= 0.3 is 0 Å². The van der Waals surface area contributed by atoms with Crippen molar-refractivity contribution in [2.24, 2.45) is 7.05 Å². The van der Waals surface area contributed by atoms with Gasteiger partial charge in [-0.25, -0.2) is 4.98 Å². The smallest absolute Gasteiger partial charge is 0.294 e. The molecule has 29 heavy (non-hydrogen) atoms. The maximum absolute atomic E-state index is 13.3. The van der Waals surface area contributed by atoms with Gasteiger partial charge in [0.1, 0.15) is 0 Å². The molecule has 0 aliphatic heterocycles. The second-order valence-corrected chi connectivity index (χ2v) is 7.60. The van der Waals surface area contributed by atoms with E-state index in [0.717, 1.165) is 0 Å². The fraction of sp³-hybridized carbons (Fsp3) is 0.400. The van der Waals surface area contributed by atoms with E-state index in [4.69, 9.17) is 0 Å². The average Bonchev–Trinajstić information content (AvgIpc) is 2.86. The lowest BCUT2D eigenvalue weighted by Crippen LogP contribution is -2.49. The molecule has 2 aromatic heterocycles. The summed E-state index contributed by atoms with van der Waals surface area (Å²) in [6.07, 6.45) is 1.20. The van der Waals surface area contributed by atoms with Crippen molar-refractivity contribution in [2.45, 2.75) is 40.2 Å². The van der Waals surface area contributed by atoms with Gasteiger partial charge in [0, 0.05) is 18.3 Å². The predicted molar refractivity (Wildman–Crippen MR) is 105 cm³/mol. The molecule has 0 fully saturated rings. The zero-order valence-electron chi connectivity index (χ0n) is 17.3. The van der Waals surface area contributed by atoms with Crippen molar-refractivity contribution < 1.29 is 23.9 Å². The molecule has 3 N–H and O–H groups in total. The summed E-state index contributed by atoms with van der Waals surface area (Å²) in [6, 6.07) is 1.45. The Morgan fingerprint density at radius 1 is 1.24 bits per heavy atom. The number of carbonyl (C=O) groups is 3. The fourth-order valence-corrected chi connectivity index (χ4v) is 2.97. The molecule has 0 radical (unpaired) electrons. The molecule has 9 heteroatoms. The highest BCUT2D eigenvalue weighted by Crippen LogP contribution is 2.23. The molecule has 0 atom stereocenters. The van der Waals surface area contributed by atoms with E-state index in [9.17, 15) is 23.9 Å². The lowest BCUT2D eigenvalue weighted by Gasteiger charge is -2.23. The molecule has 0 aliphatic carbocycles. The van der Waals surface area contributed by atoms with Crippen molar-refractivity contribution in [1.82, 2.24) is 14.9 Å². The zero-order chi connectivity index (χ0) is 22.1. The number of nitrogens with one attached hydrogen (secondary N) is 2. The number of pyridine rings is 1. The third-order valence-electron chi connectivity index (χ3n) is 4.70. The van der Waals surface area contributed by atoms with Gasteiger partial charge in [-0.2, -0.15) is 4.39 Å². The molecule has 0 saturated heterocycles. The minimum atomic E-state index is -0.964. The van der Waals surface area contributed by atoms with Crippen LogP contribution in [0.25, 0.3) is 0 Å². The van der Waals surface area contributed by atoms with Gasteiger partial charge in [-0.05, 0) is 46.2 Å². The number of carbonyl (C=O) groups excluding carboxylic acids is 3. The van der Waals surface area contributed by atoms with Crippen LogP contribution in [-0.2, 0) is 11.8 Å². The third-order valence-corrected chi connectivity index (χ3v) is 4.70. The molecule has 2 aromatic rings. The summed E-state index contributed by atoms with van der Waals surface area (Å²) >= 11 is 0. The topological polar surface area (TPSA) is 113 Å². The first-order valence-corrected chi connectivity index (χ1v) is 8.96. The number of rotatable bonds is 6. The number of anilines is 1. The van der Waals surface area contributed by atoms with Gasteiger partial charge in [0.25, 0.3) is 17.6 Å². The lowest BCUT2D eigenvalue weighted by atomic mass is 10.0. The molecule has 0 spiro atoms. The Labute approximate surface area is 168 Å². The standard InChI is InChI=1S/C20H25FN4O4/c1-10-7-13(8-22-17(10)21)23-18(28)14-11(2)15(25(6)12(14)3)16(27)19(29)24-20(4,5)9-26/h7-8,26H,9H2,1-6H3,(H,23,28)(H,24,29). The summed E-state index contributed by atoms with van der Waals surface area (Å²) in [7, 11) is 1.58. The largest absolute Gasteiger partial charge is 0.394 e. The molecule has 2 heterocycles. The number of Topliss-reactive ketones (excluding diaryl/α,β-unsaturated/α-hetero) is 1. The van der Waals surface area contributed by atoms with Crippen LogP contribution < -0.4 is 10.6 Å². The van der Waals surface area contributed by atoms with Crippen molar-refractivity contribution in [3.63, 3.8) is 0 Å². The van der Waals surface area contributed by atoms with Gasteiger partial charge in [-0.15, -0.1) is 0 Å². The minimum Gasteiger partial charge on any atom is -0.394 e. The van der Waals surface area contributed by atoms with Crippen molar-refractivity contribution in [1.29, 1.82) is 0 Å². The number of aryl methyl sites for hydroxylation is 1. The van der Waals surface area contributed by atoms with E-state index in [1.54, 1.807) is 34.7 Å². The molecule has 2 rings (SSSR count). The molecule has 2 amide bonds. The van der Waals surface area contributed by atoms with Crippen LogP contribution in [0.5, 0.6) is 0 Å². The Bertz CT molecular complexity index is 995. The Hall–Kier alpha value is -3.07. The SMILES string of the molecule is Cc1cc(NC(=O)c2c(C)c(C(=O)C(=O)NC(C)(C)CO)n(C)c2C)cnc1F. The molecule has 0 bridgehead atoms. The first-order valence-electron chi connectivity index (χ1n) is 8.96. The number of hydrogen-bond acceptors (Lipinski definition) is 5. The number of aliphatic hydroxyl groups is 1. The summed E-state index contributed by atoms with van der Waals surface area (Å²) < 4.78 is 14.8. The normalized spacial score (nSPS) is 11.3.